The number of ether oxygens (including phenoxy) is 1. The van der Waals surface area contributed by atoms with Gasteiger partial charge in [-0.3, -0.25) is 9.59 Å². The molecule has 2 atom stereocenters. The van der Waals surface area contributed by atoms with Crippen LogP contribution < -0.4 is 20.3 Å². The lowest BCUT2D eigenvalue weighted by atomic mass is 9.96. The lowest BCUT2D eigenvalue weighted by Gasteiger charge is -2.32. The molecule has 1 saturated heterocycles. The van der Waals surface area contributed by atoms with Gasteiger partial charge in [0.15, 0.2) is 6.10 Å². The molecule has 1 aromatic rings. The average Bonchev–Trinajstić information content (AvgIpc) is 2.63. The highest BCUT2D eigenvalue weighted by Gasteiger charge is 2.31. The van der Waals surface area contributed by atoms with E-state index in [1.807, 2.05) is 24.3 Å². The Kier molecular flexibility index (Phi) is 7.72. The normalized spacial score (nSPS) is 22.0. The molecule has 0 aliphatic carbocycles. The third kappa shape index (κ3) is 5.11. The van der Waals surface area contributed by atoms with Crippen LogP contribution in [0.15, 0.2) is 24.3 Å². The van der Waals surface area contributed by atoms with Gasteiger partial charge in [0.25, 0.3) is 5.91 Å². The predicted molar refractivity (Wildman–Crippen MR) is 104 cm³/mol. The van der Waals surface area contributed by atoms with E-state index < -0.39 is 6.10 Å². The monoisotopic (exact) mass is 381 g/mol. The fourth-order valence-corrected chi connectivity index (χ4v) is 3.48. The minimum atomic E-state index is -0.517. The molecule has 2 aliphatic heterocycles. The molecule has 1 aromatic carbocycles. The summed E-state index contributed by atoms with van der Waals surface area (Å²) in [7, 11) is 0. The largest absolute Gasteiger partial charge is 0.479 e. The molecule has 0 radical (unpaired) electrons. The molecule has 144 valence electrons. The van der Waals surface area contributed by atoms with Gasteiger partial charge in [-0.1, -0.05) is 12.1 Å². The maximum absolute atomic E-state index is 12.4. The van der Waals surface area contributed by atoms with E-state index in [1.165, 1.54) is 12.8 Å². The second-order valence-corrected chi connectivity index (χ2v) is 6.82. The number of nitrogens with zero attached hydrogens (tertiary/aromatic N) is 1. The number of fused-ring (bicyclic) bond motifs is 1. The maximum atomic E-state index is 12.4. The van der Waals surface area contributed by atoms with Gasteiger partial charge in [0.2, 0.25) is 5.91 Å². The Morgan fingerprint density at radius 3 is 2.96 bits per heavy atom. The van der Waals surface area contributed by atoms with Crippen LogP contribution in [0.2, 0.25) is 0 Å². The number of halogens is 1. The van der Waals surface area contributed by atoms with Gasteiger partial charge in [0, 0.05) is 19.5 Å². The van der Waals surface area contributed by atoms with Crippen molar-refractivity contribution in [1.82, 2.24) is 10.6 Å². The van der Waals surface area contributed by atoms with Crippen LogP contribution in [0.3, 0.4) is 0 Å². The zero-order valence-electron chi connectivity index (χ0n) is 15.2. The van der Waals surface area contributed by atoms with Gasteiger partial charge in [-0.25, -0.2) is 0 Å². The molecule has 1 fully saturated rings. The first-order valence-corrected chi connectivity index (χ1v) is 9.19. The Morgan fingerprint density at radius 1 is 1.38 bits per heavy atom. The van der Waals surface area contributed by atoms with E-state index in [1.54, 1.807) is 11.8 Å². The van der Waals surface area contributed by atoms with E-state index >= 15 is 0 Å². The Hall–Kier alpha value is -1.79. The van der Waals surface area contributed by atoms with Crippen LogP contribution in [-0.2, 0) is 9.59 Å². The fraction of sp³-hybridized carbons (Fsp3) is 0.579. The molecule has 2 heterocycles. The molecule has 0 bridgehead atoms. The Bertz CT molecular complexity index is 620. The summed E-state index contributed by atoms with van der Waals surface area (Å²) in [5.74, 6) is 1.25. The molecule has 0 aromatic heterocycles. The minimum absolute atomic E-state index is 0. The average molecular weight is 382 g/mol. The summed E-state index contributed by atoms with van der Waals surface area (Å²) in [5, 5.41) is 6.37. The molecule has 2 aliphatic rings. The van der Waals surface area contributed by atoms with Gasteiger partial charge in [0.1, 0.15) is 5.75 Å². The molecule has 0 spiro atoms. The number of hydrogen-bond acceptors (Lipinski definition) is 4. The first kappa shape index (κ1) is 20.5. The van der Waals surface area contributed by atoms with Gasteiger partial charge in [-0.05, 0) is 57.3 Å². The van der Waals surface area contributed by atoms with Crippen molar-refractivity contribution in [1.29, 1.82) is 0 Å². The topological polar surface area (TPSA) is 70.7 Å². The second kappa shape index (κ2) is 9.78. The molecule has 7 heteroatoms. The standard InChI is InChI=1S/C19H27N3O3.ClH/c1-14-19(24)22(16-6-2-3-7-17(16)25-14)12-9-18(23)21-11-8-15-5-4-10-20-13-15;/h2-3,6-7,14-15,20H,4-5,8-13H2,1H3,(H,21,23);1H. The zero-order chi connectivity index (χ0) is 17.6. The van der Waals surface area contributed by atoms with Crippen LogP contribution in [0.1, 0.15) is 32.6 Å². The van der Waals surface area contributed by atoms with Crippen LogP contribution in [-0.4, -0.2) is 44.1 Å². The quantitative estimate of drug-likeness (QED) is 0.791. The molecule has 2 amide bonds. The van der Waals surface area contributed by atoms with Crippen molar-refractivity contribution in [2.24, 2.45) is 5.92 Å². The van der Waals surface area contributed by atoms with Gasteiger partial charge in [0.05, 0.1) is 5.69 Å². The van der Waals surface area contributed by atoms with Gasteiger partial charge in [-0.2, -0.15) is 0 Å². The summed E-state index contributed by atoms with van der Waals surface area (Å²) >= 11 is 0. The Labute approximate surface area is 161 Å². The molecule has 0 saturated carbocycles. The number of carbonyl (C=O) groups excluding carboxylic acids is 2. The van der Waals surface area contributed by atoms with Crippen LogP contribution in [0, 0.1) is 5.92 Å². The zero-order valence-corrected chi connectivity index (χ0v) is 16.0. The smallest absolute Gasteiger partial charge is 0.267 e. The number of amides is 2. The van der Waals surface area contributed by atoms with Crippen LogP contribution in [0.25, 0.3) is 0 Å². The van der Waals surface area contributed by atoms with Crippen LogP contribution in [0.5, 0.6) is 5.75 Å². The van der Waals surface area contributed by atoms with Gasteiger partial charge >= 0.3 is 0 Å². The van der Waals surface area contributed by atoms with Crippen LogP contribution in [0.4, 0.5) is 5.69 Å². The molecule has 26 heavy (non-hydrogen) atoms. The number of para-hydroxylation sites is 2. The van der Waals surface area contributed by atoms with Crippen molar-refractivity contribution in [3.8, 4) is 5.75 Å². The fourth-order valence-electron chi connectivity index (χ4n) is 3.48. The lowest BCUT2D eigenvalue weighted by molar-refractivity contribution is -0.125. The third-order valence-corrected chi connectivity index (χ3v) is 4.91. The number of rotatable bonds is 6. The number of benzene rings is 1. The van der Waals surface area contributed by atoms with Crippen molar-refractivity contribution >= 4 is 29.9 Å². The maximum Gasteiger partial charge on any atom is 0.267 e. The summed E-state index contributed by atoms with van der Waals surface area (Å²) in [6, 6.07) is 7.46. The highest BCUT2D eigenvalue weighted by Crippen LogP contribution is 2.33. The summed E-state index contributed by atoms with van der Waals surface area (Å²) in [5.41, 5.74) is 0.742. The molecule has 6 nitrogen and oxygen atoms in total. The molecule has 3 rings (SSSR count). The van der Waals surface area contributed by atoms with E-state index in [0.29, 0.717) is 31.2 Å². The Morgan fingerprint density at radius 2 is 2.19 bits per heavy atom. The number of nitrogens with one attached hydrogen (secondary N) is 2. The SMILES string of the molecule is CC1Oc2ccccc2N(CCC(=O)NCCC2CCCNC2)C1=O.Cl. The van der Waals surface area contributed by atoms with E-state index in [-0.39, 0.29) is 24.2 Å². The predicted octanol–water partition coefficient (Wildman–Crippen LogP) is 2.12. The first-order valence-electron chi connectivity index (χ1n) is 9.19. The van der Waals surface area contributed by atoms with Crippen molar-refractivity contribution in [3.63, 3.8) is 0 Å². The summed E-state index contributed by atoms with van der Waals surface area (Å²) in [4.78, 5) is 26.2. The minimum Gasteiger partial charge on any atom is -0.479 e. The number of carbonyl (C=O) groups is 2. The first-order chi connectivity index (χ1) is 12.1. The number of anilines is 1. The van der Waals surface area contributed by atoms with Crippen molar-refractivity contribution in [2.45, 2.75) is 38.7 Å². The van der Waals surface area contributed by atoms with E-state index in [4.69, 9.17) is 4.74 Å². The number of hydrogen-bond donors (Lipinski definition) is 2. The summed E-state index contributed by atoms with van der Waals surface area (Å²) in [6.45, 7) is 4.97. The van der Waals surface area contributed by atoms with Crippen LogP contribution >= 0.6 is 12.4 Å². The van der Waals surface area contributed by atoms with Crippen molar-refractivity contribution in [3.05, 3.63) is 24.3 Å². The lowest BCUT2D eigenvalue weighted by Crippen LogP contribution is -2.45. The molecule has 2 N–H and O–H groups in total. The third-order valence-electron chi connectivity index (χ3n) is 4.91. The molecular formula is C19H28ClN3O3. The number of piperidine rings is 1. The summed E-state index contributed by atoms with van der Waals surface area (Å²) < 4.78 is 5.62. The highest BCUT2D eigenvalue weighted by atomic mass is 35.5. The molecule has 2 unspecified atom stereocenters. The van der Waals surface area contributed by atoms with E-state index in [2.05, 4.69) is 10.6 Å². The van der Waals surface area contributed by atoms with Crippen molar-refractivity contribution in [2.75, 3.05) is 31.1 Å². The van der Waals surface area contributed by atoms with Crippen molar-refractivity contribution < 1.29 is 14.3 Å². The highest BCUT2D eigenvalue weighted by molar-refractivity contribution is 6.00. The Balaban J connectivity index is 0.00000243. The second-order valence-electron chi connectivity index (χ2n) is 6.82. The summed E-state index contributed by atoms with van der Waals surface area (Å²) in [6.07, 6.45) is 3.25. The van der Waals surface area contributed by atoms with Gasteiger partial charge < -0.3 is 20.3 Å². The van der Waals surface area contributed by atoms with E-state index in [0.717, 1.165) is 25.2 Å². The van der Waals surface area contributed by atoms with Gasteiger partial charge in [-0.15, -0.1) is 12.4 Å². The molecular weight excluding hydrogens is 354 g/mol. The van der Waals surface area contributed by atoms with E-state index in [9.17, 15) is 9.59 Å².